The normalized spacial score (nSPS) is 12.1. The van der Waals surface area contributed by atoms with Gasteiger partial charge in [-0.1, -0.05) is 167 Å². The molecule has 0 saturated carbocycles. The number of hydrogen-bond donors (Lipinski definition) is 1. The third-order valence-corrected chi connectivity index (χ3v) is 11.5. The molecular weight excluding hydrogens is 918 g/mol. The fourth-order valence-electron chi connectivity index (χ4n) is 8.48. The number of nitrogens with zero attached hydrogens (tertiary/aromatic N) is 3. The minimum absolute atomic E-state index is 0. The maximum absolute atomic E-state index is 12.4. The van der Waals surface area contributed by atoms with Gasteiger partial charge in [-0.05, 0) is 68.4 Å². The van der Waals surface area contributed by atoms with E-state index in [1.165, 1.54) is 0 Å². The Morgan fingerprint density at radius 3 is 2.12 bits per heavy atom. The molecule has 10 aromatic rings. The van der Waals surface area contributed by atoms with Crippen molar-refractivity contribution in [3.8, 4) is 56.3 Å². The predicted molar refractivity (Wildman–Crippen MR) is 243 cm³/mol. The van der Waals surface area contributed by atoms with Crippen LogP contribution < -0.4 is 0 Å². The largest absolute Gasteiger partial charge is 0.507 e. The molecule has 0 spiro atoms. The van der Waals surface area contributed by atoms with Crippen LogP contribution in [0.1, 0.15) is 52.7 Å². The number of phenols is 1. The third-order valence-electron chi connectivity index (χ3n) is 11.5. The third kappa shape index (κ3) is 6.53. The van der Waals surface area contributed by atoms with E-state index in [1.807, 2.05) is 36.5 Å². The molecule has 0 aliphatic heterocycles. The molecule has 7 aromatic carbocycles. The van der Waals surface area contributed by atoms with E-state index in [4.69, 9.17) is 14.4 Å². The van der Waals surface area contributed by atoms with Crippen LogP contribution in [-0.4, -0.2) is 19.6 Å². The standard InChI is InChI=1S/C54H44N3O2.Pt/c1-53(2,3)36-31-43(50(58)44(32-36)54(4,5)6)52-56-49-40(23-16-25-46(49)57(52)45-24-14-12-20-37(45)33-17-8-7-9-18-33)42-30-35(48-38-21-11-10-19-34(38)27-28-55-48)29-41-39-22-13-15-26-47(39)59-51(41)42;/h7-29,31-32,58H,1-6H3;/q-1;. The first-order chi connectivity index (χ1) is 28.5. The second-order valence-electron chi connectivity index (χ2n) is 17.5. The number of imidazole rings is 1. The molecule has 0 fully saturated rings. The summed E-state index contributed by atoms with van der Waals surface area (Å²) in [5.74, 6) is 0.883. The summed E-state index contributed by atoms with van der Waals surface area (Å²) in [6.45, 7) is 13.1. The van der Waals surface area contributed by atoms with E-state index in [1.54, 1.807) is 0 Å². The Balaban J connectivity index is 0.00000462. The number of aromatic nitrogens is 3. The number of hydrogen-bond acceptors (Lipinski definition) is 4. The van der Waals surface area contributed by atoms with E-state index in [0.717, 1.165) is 94.1 Å². The summed E-state index contributed by atoms with van der Waals surface area (Å²) in [4.78, 5) is 10.6. The first-order valence-corrected chi connectivity index (χ1v) is 20.2. The summed E-state index contributed by atoms with van der Waals surface area (Å²) >= 11 is 0. The topological polar surface area (TPSA) is 64.1 Å². The maximum Gasteiger partial charge on any atom is 0.148 e. The zero-order valence-electron chi connectivity index (χ0n) is 34.4. The van der Waals surface area contributed by atoms with Gasteiger partial charge in [-0.15, -0.1) is 12.1 Å². The van der Waals surface area contributed by atoms with E-state index in [9.17, 15) is 5.11 Å². The SMILES string of the molecule is CC(C)(C)c1cc(-c2nc3c(-c4[c-]c(-c5nccc6ccccc56)cc5c4oc4ccccc45)cccc3n2-c2ccccc2-c2ccccc2)c(O)c(C(C)(C)C)c1.[Pt]. The zero-order valence-corrected chi connectivity index (χ0v) is 36.7. The van der Waals surface area contributed by atoms with E-state index in [2.05, 4.69) is 167 Å². The van der Waals surface area contributed by atoms with E-state index < -0.39 is 0 Å². The molecule has 3 aromatic heterocycles. The number of furan rings is 1. The second-order valence-corrected chi connectivity index (χ2v) is 17.5. The number of phenolic OH excluding ortho intramolecular Hbond substituents is 1. The number of rotatable bonds is 5. The molecule has 0 aliphatic rings. The average molecular weight is 962 g/mol. The Morgan fingerprint density at radius 1 is 0.633 bits per heavy atom. The molecule has 0 radical (unpaired) electrons. The Kier molecular flexibility index (Phi) is 9.64. The smallest absolute Gasteiger partial charge is 0.148 e. The predicted octanol–water partition coefficient (Wildman–Crippen LogP) is 14.2. The fraction of sp³-hybridized carbons (Fsp3) is 0.148. The molecule has 10 rings (SSSR count). The Hall–Kier alpha value is -6.29. The molecule has 5 nitrogen and oxygen atoms in total. The van der Waals surface area contributed by atoms with Crippen LogP contribution in [0.25, 0.3) is 94.3 Å². The molecule has 0 amide bonds. The van der Waals surface area contributed by atoms with E-state index in [0.29, 0.717) is 11.4 Å². The Morgan fingerprint density at radius 2 is 1.33 bits per heavy atom. The Bertz CT molecular complexity index is 3250. The molecule has 0 bridgehead atoms. The fourth-order valence-corrected chi connectivity index (χ4v) is 8.48. The molecule has 60 heavy (non-hydrogen) atoms. The van der Waals surface area contributed by atoms with Gasteiger partial charge in [-0.2, -0.15) is 0 Å². The number of pyridine rings is 1. The molecule has 0 unspecified atom stereocenters. The van der Waals surface area contributed by atoms with Gasteiger partial charge in [0.05, 0.1) is 27.9 Å². The average Bonchev–Trinajstić information content (AvgIpc) is 3.82. The summed E-state index contributed by atoms with van der Waals surface area (Å²) in [6.07, 6.45) is 1.87. The van der Waals surface area contributed by atoms with Crippen molar-refractivity contribution in [2.24, 2.45) is 0 Å². The van der Waals surface area contributed by atoms with Gasteiger partial charge >= 0.3 is 0 Å². The van der Waals surface area contributed by atoms with Crippen LogP contribution in [-0.2, 0) is 31.9 Å². The van der Waals surface area contributed by atoms with Crippen molar-refractivity contribution in [3.05, 3.63) is 169 Å². The first-order valence-electron chi connectivity index (χ1n) is 20.2. The van der Waals surface area contributed by atoms with Gasteiger partial charge in [0.2, 0.25) is 0 Å². The molecular formula is C54H44N3O2Pt-. The Labute approximate surface area is 364 Å². The van der Waals surface area contributed by atoms with Crippen LogP contribution >= 0.6 is 0 Å². The van der Waals surface area contributed by atoms with Crippen molar-refractivity contribution < 1.29 is 30.6 Å². The quantitative estimate of drug-likeness (QED) is 0.175. The van der Waals surface area contributed by atoms with Crippen molar-refractivity contribution >= 4 is 43.7 Å². The summed E-state index contributed by atoms with van der Waals surface area (Å²) in [6, 6.07) is 54.0. The molecule has 0 atom stereocenters. The van der Waals surface area contributed by atoms with Gasteiger partial charge in [0, 0.05) is 49.5 Å². The van der Waals surface area contributed by atoms with Crippen molar-refractivity contribution in [2.45, 2.75) is 52.4 Å². The summed E-state index contributed by atoms with van der Waals surface area (Å²) in [5.41, 5.74) is 11.8. The van der Waals surface area contributed by atoms with Gasteiger partial charge in [-0.3, -0.25) is 9.55 Å². The van der Waals surface area contributed by atoms with Crippen LogP contribution in [0, 0.1) is 6.07 Å². The maximum atomic E-state index is 12.4. The van der Waals surface area contributed by atoms with Crippen molar-refractivity contribution in [3.63, 3.8) is 0 Å². The van der Waals surface area contributed by atoms with Crippen molar-refractivity contribution in [1.82, 2.24) is 14.5 Å². The molecule has 298 valence electrons. The molecule has 0 saturated heterocycles. The van der Waals surface area contributed by atoms with E-state index in [-0.39, 0.29) is 37.6 Å². The zero-order chi connectivity index (χ0) is 40.6. The minimum Gasteiger partial charge on any atom is -0.507 e. The first kappa shape index (κ1) is 39.2. The van der Waals surface area contributed by atoms with Gasteiger partial charge in [-0.25, -0.2) is 4.98 Å². The van der Waals surface area contributed by atoms with E-state index >= 15 is 0 Å². The van der Waals surface area contributed by atoms with Gasteiger partial charge < -0.3 is 9.52 Å². The molecule has 1 N–H and O–H groups in total. The monoisotopic (exact) mass is 961 g/mol. The second kappa shape index (κ2) is 14.8. The number of para-hydroxylation sites is 3. The van der Waals surface area contributed by atoms with Gasteiger partial charge in [0.1, 0.15) is 17.2 Å². The summed E-state index contributed by atoms with van der Waals surface area (Å²) in [7, 11) is 0. The summed E-state index contributed by atoms with van der Waals surface area (Å²) < 4.78 is 8.97. The van der Waals surface area contributed by atoms with Gasteiger partial charge in [0.15, 0.2) is 0 Å². The number of aromatic hydroxyl groups is 1. The van der Waals surface area contributed by atoms with Crippen LogP contribution in [0.5, 0.6) is 5.75 Å². The number of benzene rings is 7. The molecule has 0 aliphatic carbocycles. The van der Waals surface area contributed by atoms with Crippen LogP contribution in [0.15, 0.2) is 156 Å². The van der Waals surface area contributed by atoms with Crippen molar-refractivity contribution in [2.75, 3.05) is 0 Å². The van der Waals surface area contributed by atoms with Crippen molar-refractivity contribution in [1.29, 1.82) is 0 Å². The van der Waals surface area contributed by atoms with Crippen LogP contribution in [0.2, 0.25) is 0 Å². The summed E-state index contributed by atoms with van der Waals surface area (Å²) in [5, 5.41) is 16.6. The van der Waals surface area contributed by atoms with Crippen LogP contribution in [0.4, 0.5) is 0 Å². The molecule has 3 heterocycles. The van der Waals surface area contributed by atoms with Gasteiger partial charge in [0.25, 0.3) is 0 Å². The molecule has 6 heteroatoms. The number of fused-ring (bicyclic) bond motifs is 5. The van der Waals surface area contributed by atoms with Crippen LogP contribution in [0.3, 0.4) is 0 Å². The minimum atomic E-state index is -0.331.